The Hall–Kier alpha value is -0.770. The molecule has 4 nitrogen and oxygen atoms in total. The topological polar surface area (TPSA) is 38.8 Å². The molecule has 1 heterocycles. The fraction of sp³-hybridized carbons (Fsp3) is 0.909. The van der Waals surface area contributed by atoms with Crippen LogP contribution in [0.3, 0.4) is 0 Å². The van der Waals surface area contributed by atoms with E-state index in [1.165, 1.54) is 6.42 Å². The van der Waals surface area contributed by atoms with Crippen LogP contribution < -0.4 is 0 Å². The summed E-state index contributed by atoms with van der Waals surface area (Å²) < 4.78 is 10.7. The number of rotatable bonds is 1. The average molecular weight is 213 g/mol. The lowest BCUT2D eigenvalue weighted by molar-refractivity contribution is -0.0428. The summed E-state index contributed by atoms with van der Waals surface area (Å²) in [7, 11) is 1.66. The summed E-state index contributed by atoms with van der Waals surface area (Å²) >= 11 is 0. The van der Waals surface area contributed by atoms with Gasteiger partial charge in [-0.2, -0.15) is 0 Å². The highest BCUT2D eigenvalue weighted by molar-refractivity contribution is 5.69. The molecule has 3 atom stereocenters. The molecular weight excluding hydrogens is 194 g/mol. The summed E-state index contributed by atoms with van der Waals surface area (Å²) in [5.74, 6) is 1.19. The van der Waals surface area contributed by atoms with Gasteiger partial charge in [0, 0.05) is 19.6 Å². The minimum atomic E-state index is -0.428. The first kappa shape index (κ1) is 10.7. The monoisotopic (exact) mass is 213 g/mol. The SMILES string of the molecule is COC1C2CC2CN1C(=O)OC(C)(C)C. The molecule has 1 aliphatic heterocycles. The largest absolute Gasteiger partial charge is 0.444 e. The molecule has 1 saturated heterocycles. The van der Waals surface area contributed by atoms with Gasteiger partial charge in [0.2, 0.25) is 0 Å². The number of ether oxygens (including phenoxy) is 2. The van der Waals surface area contributed by atoms with Crippen LogP contribution in [-0.4, -0.2) is 36.5 Å². The molecule has 0 aromatic rings. The van der Waals surface area contributed by atoms with Crippen LogP contribution in [-0.2, 0) is 9.47 Å². The molecule has 1 amide bonds. The van der Waals surface area contributed by atoms with Crippen LogP contribution >= 0.6 is 0 Å². The van der Waals surface area contributed by atoms with Crippen molar-refractivity contribution in [3.63, 3.8) is 0 Å². The molecule has 3 unspecified atom stereocenters. The van der Waals surface area contributed by atoms with Gasteiger partial charge in [0.05, 0.1) is 0 Å². The Kier molecular flexibility index (Phi) is 2.41. The van der Waals surface area contributed by atoms with E-state index in [-0.39, 0.29) is 12.3 Å². The third-order valence-corrected chi connectivity index (χ3v) is 2.95. The number of fused-ring (bicyclic) bond motifs is 1. The van der Waals surface area contributed by atoms with Gasteiger partial charge in [-0.3, -0.25) is 4.90 Å². The van der Waals surface area contributed by atoms with E-state index in [0.717, 1.165) is 6.54 Å². The van der Waals surface area contributed by atoms with Crippen molar-refractivity contribution >= 4 is 6.09 Å². The lowest BCUT2D eigenvalue weighted by Crippen LogP contribution is -2.42. The molecule has 0 radical (unpaired) electrons. The summed E-state index contributed by atoms with van der Waals surface area (Å²) in [4.78, 5) is 13.5. The smallest absolute Gasteiger partial charge is 0.412 e. The van der Waals surface area contributed by atoms with Crippen LogP contribution in [0, 0.1) is 11.8 Å². The Balaban J connectivity index is 1.96. The predicted octanol–water partition coefficient (Wildman–Crippen LogP) is 1.85. The first-order valence-electron chi connectivity index (χ1n) is 5.45. The number of piperidine rings is 1. The molecule has 0 aromatic heterocycles. The van der Waals surface area contributed by atoms with E-state index in [9.17, 15) is 4.79 Å². The number of carbonyl (C=O) groups excluding carboxylic acids is 1. The van der Waals surface area contributed by atoms with Crippen molar-refractivity contribution in [3.05, 3.63) is 0 Å². The van der Waals surface area contributed by atoms with Gasteiger partial charge in [0.1, 0.15) is 11.8 Å². The Morgan fingerprint density at radius 3 is 2.60 bits per heavy atom. The van der Waals surface area contributed by atoms with E-state index in [1.807, 2.05) is 20.8 Å². The summed E-state index contributed by atoms with van der Waals surface area (Å²) in [6.07, 6.45) is 0.879. The standard InChI is InChI=1S/C11H19NO3/c1-11(2,3)15-10(13)12-6-7-5-8(7)9(12)14-4/h7-9H,5-6H2,1-4H3. The second-order valence-electron chi connectivity index (χ2n) is 5.42. The molecule has 0 bridgehead atoms. The quantitative estimate of drug-likeness (QED) is 0.667. The summed E-state index contributed by atoms with van der Waals surface area (Å²) in [5.41, 5.74) is -0.428. The van der Waals surface area contributed by atoms with Crippen molar-refractivity contribution in [2.45, 2.75) is 39.0 Å². The van der Waals surface area contributed by atoms with Crippen molar-refractivity contribution in [3.8, 4) is 0 Å². The minimum absolute atomic E-state index is 0.0650. The second-order valence-corrected chi connectivity index (χ2v) is 5.42. The zero-order valence-corrected chi connectivity index (χ0v) is 9.82. The maximum Gasteiger partial charge on any atom is 0.412 e. The van der Waals surface area contributed by atoms with Crippen molar-refractivity contribution in [2.24, 2.45) is 11.8 Å². The van der Waals surface area contributed by atoms with Crippen LogP contribution in [0.2, 0.25) is 0 Å². The Labute approximate surface area is 90.5 Å². The zero-order valence-electron chi connectivity index (χ0n) is 9.82. The molecule has 2 aliphatic rings. The lowest BCUT2D eigenvalue weighted by atomic mass is 10.2. The van der Waals surface area contributed by atoms with E-state index in [1.54, 1.807) is 12.0 Å². The average Bonchev–Trinajstić information content (AvgIpc) is 2.75. The van der Waals surface area contributed by atoms with Gasteiger partial charge in [-0.25, -0.2) is 4.79 Å². The summed E-state index contributed by atoms with van der Waals surface area (Å²) in [5, 5.41) is 0. The third-order valence-electron chi connectivity index (χ3n) is 2.95. The molecule has 86 valence electrons. The molecule has 0 aromatic carbocycles. The Bertz CT molecular complexity index is 271. The van der Waals surface area contributed by atoms with E-state index in [4.69, 9.17) is 9.47 Å². The van der Waals surface area contributed by atoms with E-state index >= 15 is 0 Å². The summed E-state index contributed by atoms with van der Waals surface area (Å²) in [6.45, 7) is 6.43. The third kappa shape index (κ3) is 2.09. The number of methoxy groups -OCH3 is 1. The number of amides is 1. The highest BCUT2D eigenvalue weighted by Gasteiger charge is 2.55. The molecule has 2 fully saturated rings. The van der Waals surface area contributed by atoms with Crippen LogP contribution in [0.25, 0.3) is 0 Å². The molecule has 0 N–H and O–H groups in total. The number of nitrogens with zero attached hydrogens (tertiary/aromatic N) is 1. The maximum absolute atomic E-state index is 11.8. The number of hydrogen-bond acceptors (Lipinski definition) is 3. The highest BCUT2D eigenvalue weighted by atomic mass is 16.6. The fourth-order valence-corrected chi connectivity index (χ4v) is 2.22. The highest BCUT2D eigenvalue weighted by Crippen LogP contribution is 2.49. The Morgan fingerprint density at radius 1 is 1.40 bits per heavy atom. The van der Waals surface area contributed by atoms with Gasteiger partial charge in [0.25, 0.3) is 0 Å². The van der Waals surface area contributed by atoms with Gasteiger partial charge in [0.15, 0.2) is 0 Å². The molecule has 2 rings (SSSR count). The molecule has 15 heavy (non-hydrogen) atoms. The summed E-state index contributed by atoms with van der Waals surface area (Å²) in [6, 6.07) is 0. The van der Waals surface area contributed by atoms with Crippen LogP contribution in [0.5, 0.6) is 0 Å². The van der Waals surface area contributed by atoms with Crippen LogP contribution in [0.15, 0.2) is 0 Å². The molecule has 0 spiro atoms. The van der Waals surface area contributed by atoms with Crippen molar-refractivity contribution < 1.29 is 14.3 Å². The molecule has 4 heteroatoms. The first-order valence-corrected chi connectivity index (χ1v) is 5.45. The molecule has 1 saturated carbocycles. The van der Waals surface area contributed by atoms with Gasteiger partial charge >= 0.3 is 6.09 Å². The zero-order chi connectivity index (χ0) is 11.2. The molecule has 1 aliphatic carbocycles. The number of carbonyl (C=O) groups is 1. The second kappa shape index (κ2) is 3.37. The van der Waals surface area contributed by atoms with Gasteiger partial charge in [-0.1, -0.05) is 0 Å². The van der Waals surface area contributed by atoms with Gasteiger partial charge < -0.3 is 9.47 Å². The lowest BCUT2D eigenvalue weighted by Gasteiger charge is -2.29. The van der Waals surface area contributed by atoms with Crippen molar-refractivity contribution in [2.75, 3.05) is 13.7 Å². The number of hydrogen-bond donors (Lipinski definition) is 0. The minimum Gasteiger partial charge on any atom is -0.444 e. The fourth-order valence-electron chi connectivity index (χ4n) is 2.22. The Morgan fingerprint density at radius 2 is 2.07 bits per heavy atom. The van der Waals surface area contributed by atoms with Gasteiger partial charge in [-0.05, 0) is 33.1 Å². The van der Waals surface area contributed by atoms with Crippen LogP contribution in [0.4, 0.5) is 4.79 Å². The van der Waals surface area contributed by atoms with Gasteiger partial charge in [-0.15, -0.1) is 0 Å². The van der Waals surface area contributed by atoms with Crippen molar-refractivity contribution in [1.82, 2.24) is 4.90 Å². The van der Waals surface area contributed by atoms with E-state index in [0.29, 0.717) is 11.8 Å². The predicted molar refractivity (Wildman–Crippen MR) is 55.3 cm³/mol. The first-order chi connectivity index (χ1) is 6.92. The van der Waals surface area contributed by atoms with Crippen LogP contribution in [0.1, 0.15) is 27.2 Å². The van der Waals surface area contributed by atoms with E-state index < -0.39 is 5.60 Å². The number of likely N-dealkylation sites (tertiary alicyclic amines) is 1. The van der Waals surface area contributed by atoms with Crippen molar-refractivity contribution in [1.29, 1.82) is 0 Å². The normalized spacial score (nSPS) is 33.9. The van der Waals surface area contributed by atoms with E-state index in [2.05, 4.69) is 0 Å². The maximum atomic E-state index is 11.8. The molecular formula is C11H19NO3.